The van der Waals surface area contributed by atoms with Gasteiger partial charge in [-0.15, -0.1) is 0 Å². The van der Waals surface area contributed by atoms with E-state index in [2.05, 4.69) is 4.98 Å². The fourth-order valence-corrected chi connectivity index (χ4v) is 2.53. The molecule has 2 aromatic carbocycles. The predicted octanol–water partition coefficient (Wildman–Crippen LogP) is 4.44. The van der Waals surface area contributed by atoms with E-state index >= 15 is 0 Å². The van der Waals surface area contributed by atoms with Crippen LogP contribution in [0.1, 0.15) is 28.5 Å². The van der Waals surface area contributed by atoms with Crippen molar-refractivity contribution in [3.05, 3.63) is 71.2 Å². The van der Waals surface area contributed by atoms with Gasteiger partial charge in [0, 0.05) is 17.0 Å². The molecule has 0 aliphatic carbocycles. The second kappa shape index (κ2) is 7.30. The van der Waals surface area contributed by atoms with Crippen LogP contribution in [-0.2, 0) is 11.3 Å². The number of hydrogen-bond donors (Lipinski definition) is 0. The second-order valence-corrected chi connectivity index (χ2v) is 5.58. The fourth-order valence-electron chi connectivity index (χ4n) is 2.53. The molecule has 0 aliphatic heterocycles. The summed E-state index contributed by atoms with van der Waals surface area (Å²) in [5, 5.41) is 0.812. The van der Waals surface area contributed by atoms with Gasteiger partial charge >= 0.3 is 5.97 Å². The number of nitrogens with zero attached hydrogens (tertiary/aromatic N) is 1. The van der Waals surface area contributed by atoms with Gasteiger partial charge in [0.15, 0.2) is 0 Å². The Bertz CT molecular complexity index is 924. The van der Waals surface area contributed by atoms with Crippen molar-refractivity contribution in [3.8, 4) is 5.75 Å². The Morgan fingerprint density at radius 1 is 1.16 bits per heavy atom. The van der Waals surface area contributed by atoms with Crippen LogP contribution in [0.2, 0.25) is 0 Å². The molecule has 0 saturated heterocycles. The fraction of sp³-hybridized carbons (Fsp3) is 0.200. The first-order valence-electron chi connectivity index (χ1n) is 8.03. The monoisotopic (exact) mass is 339 g/mol. The summed E-state index contributed by atoms with van der Waals surface area (Å²) in [6.45, 7) is 3.98. The van der Waals surface area contributed by atoms with E-state index < -0.39 is 0 Å². The van der Waals surface area contributed by atoms with E-state index in [0.717, 1.165) is 5.39 Å². The molecule has 128 valence electrons. The summed E-state index contributed by atoms with van der Waals surface area (Å²) in [6.07, 6.45) is 0. The zero-order chi connectivity index (χ0) is 17.8. The van der Waals surface area contributed by atoms with Gasteiger partial charge in [0.2, 0.25) is 0 Å². The molecule has 1 heterocycles. The van der Waals surface area contributed by atoms with E-state index in [0.29, 0.717) is 34.7 Å². The maximum absolute atomic E-state index is 13.6. The molecule has 1 aromatic heterocycles. The van der Waals surface area contributed by atoms with E-state index in [4.69, 9.17) is 9.47 Å². The summed E-state index contributed by atoms with van der Waals surface area (Å²) < 4.78 is 24.4. The number of benzene rings is 2. The van der Waals surface area contributed by atoms with Crippen LogP contribution in [0, 0.1) is 12.7 Å². The third kappa shape index (κ3) is 3.76. The number of hydrogen-bond acceptors (Lipinski definition) is 4. The number of pyridine rings is 1. The lowest BCUT2D eigenvalue weighted by Crippen LogP contribution is -2.08. The van der Waals surface area contributed by atoms with Gasteiger partial charge in [0.05, 0.1) is 23.4 Å². The van der Waals surface area contributed by atoms with Crippen molar-refractivity contribution in [3.63, 3.8) is 0 Å². The van der Waals surface area contributed by atoms with Gasteiger partial charge in [-0.2, -0.15) is 0 Å². The maximum atomic E-state index is 13.6. The molecule has 0 atom stereocenters. The maximum Gasteiger partial charge on any atom is 0.339 e. The van der Waals surface area contributed by atoms with Crippen LogP contribution >= 0.6 is 0 Å². The molecule has 0 N–H and O–H groups in total. The predicted molar refractivity (Wildman–Crippen MR) is 93.2 cm³/mol. The second-order valence-electron chi connectivity index (χ2n) is 5.58. The molecule has 0 saturated carbocycles. The molecule has 0 bridgehead atoms. The number of carbonyl (C=O) groups excluding carboxylic acids is 1. The molecule has 0 amide bonds. The van der Waals surface area contributed by atoms with Crippen molar-refractivity contribution in [1.29, 1.82) is 0 Å². The van der Waals surface area contributed by atoms with E-state index in [1.54, 1.807) is 50.2 Å². The van der Waals surface area contributed by atoms with Gasteiger partial charge in [0.1, 0.15) is 18.2 Å². The molecule has 4 nitrogen and oxygen atoms in total. The highest BCUT2D eigenvalue weighted by molar-refractivity contribution is 5.95. The van der Waals surface area contributed by atoms with Crippen LogP contribution in [0.4, 0.5) is 4.39 Å². The van der Waals surface area contributed by atoms with E-state index in [1.807, 2.05) is 6.07 Å². The Morgan fingerprint density at radius 2 is 1.96 bits per heavy atom. The summed E-state index contributed by atoms with van der Waals surface area (Å²) >= 11 is 0. The largest absolute Gasteiger partial charge is 0.489 e. The summed E-state index contributed by atoms with van der Waals surface area (Å²) in [5.41, 5.74) is 2.24. The van der Waals surface area contributed by atoms with Gasteiger partial charge in [-0.1, -0.05) is 18.2 Å². The molecular weight excluding hydrogens is 321 g/mol. The number of halogens is 1. The van der Waals surface area contributed by atoms with Gasteiger partial charge in [-0.3, -0.25) is 4.98 Å². The minimum absolute atomic E-state index is 0.137. The van der Waals surface area contributed by atoms with Gasteiger partial charge in [0.25, 0.3) is 0 Å². The quantitative estimate of drug-likeness (QED) is 0.645. The lowest BCUT2D eigenvalue weighted by atomic mass is 10.1. The van der Waals surface area contributed by atoms with Crippen molar-refractivity contribution in [1.82, 2.24) is 4.98 Å². The first-order chi connectivity index (χ1) is 12.1. The molecule has 0 radical (unpaired) electrons. The molecular formula is C20H18FNO3. The summed E-state index contributed by atoms with van der Waals surface area (Å²) in [4.78, 5) is 16.4. The summed E-state index contributed by atoms with van der Waals surface area (Å²) in [6, 6.07) is 13.6. The minimum atomic E-state index is -0.380. The van der Waals surface area contributed by atoms with E-state index in [9.17, 15) is 9.18 Å². The highest BCUT2D eigenvalue weighted by Gasteiger charge is 2.13. The molecule has 0 aliphatic rings. The van der Waals surface area contributed by atoms with Gasteiger partial charge in [-0.25, -0.2) is 9.18 Å². The first kappa shape index (κ1) is 16.9. The number of aryl methyl sites for hydroxylation is 1. The molecule has 0 fully saturated rings. The average molecular weight is 339 g/mol. The van der Waals surface area contributed by atoms with Crippen LogP contribution in [-0.4, -0.2) is 17.6 Å². The molecule has 3 aromatic rings. The Labute approximate surface area is 145 Å². The van der Waals surface area contributed by atoms with Crippen molar-refractivity contribution in [2.45, 2.75) is 20.5 Å². The normalized spacial score (nSPS) is 10.7. The third-order valence-electron chi connectivity index (χ3n) is 3.83. The molecule has 3 rings (SSSR count). The summed E-state index contributed by atoms with van der Waals surface area (Å²) in [5.74, 6) is -0.0860. The molecule has 0 spiro atoms. The van der Waals surface area contributed by atoms with Crippen molar-refractivity contribution < 1.29 is 18.7 Å². The number of aromatic nitrogens is 1. The smallest absolute Gasteiger partial charge is 0.339 e. The van der Waals surface area contributed by atoms with Crippen LogP contribution in [0.15, 0.2) is 48.5 Å². The van der Waals surface area contributed by atoms with Crippen LogP contribution < -0.4 is 4.74 Å². The number of esters is 1. The number of ether oxygens (including phenoxy) is 2. The standard InChI is InChI=1S/C20H18FNO3/c1-3-24-20(23)17-10-14-8-9-16(11-19(14)22-13(17)2)25-12-15-6-4-5-7-18(15)21/h4-11H,3,12H2,1-2H3. The average Bonchev–Trinajstić information content (AvgIpc) is 2.60. The summed E-state index contributed by atoms with van der Waals surface area (Å²) in [7, 11) is 0. The Hall–Kier alpha value is -2.95. The van der Waals surface area contributed by atoms with Crippen LogP contribution in [0.25, 0.3) is 10.9 Å². The molecule has 0 unspecified atom stereocenters. The number of carbonyl (C=O) groups is 1. The zero-order valence-electron chi connectivity index (χ0n) is 14.1. The van der Waals surface area contributed by atoms with Gasteiger partial charge < -0.3 is 9.47 Å². The van der Waals surface area contributed by atoms with Crippen molar-refractivity contribution >= 4 is 16.9 Å². The zero-order valence-corrected chi connectivity index (χ0v) is 14.1. The third-order valence-corrected chi connectivity index (χ3v) is 3.83. The molecule has 25 heavy (non-hydrogen) atoms. The van der Waals surface area contributed by atoms with Gasteiger partial charge in [-0.05, 0) is 38.1 Å². The van der Waals surface area contributed by atoms with Crippen LogP contribution in [0.3, 0.4) is 0 Å². The molecule has 5 heteroatoms. The minimum Gasteiger partial charge on any atom is -0.489 e. The Balaban J connectivity index is 1.84. The van der Waals surface area contributed by atoms with E-state index in [-0.39, 0.29) is 18.4 Å². The van der Waals surface area contributed by atoms with Crippen molar-refractivity contribution in [2.24, 2.45) is 0 Å². The lowest BCUT2D eigenvalue weighted by molar-refractivity contribution is 0.0525. The van der Waals surface area contributed by atoms with Crippen molar-refractivity contribution in [2.75, 3.05) is 6.61 Å². The highest BCUT2D eigenvalue weighted by atomic mass is 19.1. The highest BCUT2D eigenvalue weighted by Crippen LogP contribution is 2.23. The number of rotatable bonds is 5. The lowest BCUT2D eigenvalue weighted by Gasteiger charge is -2.10. The Morgan fingerprint density at radius 3 is 2.72 bits per heavy atom. The first-order valence-corrected chi connectivity index (χ1v) is 8.03. The topological polar surface area (TPSA) is 48.4 Å². The van der Waals surface area contributed by atoms with Crippen LogP contribution in [0.5, 0.6) is 5.75 Å². The van der Waals surface area contributed by atoms with E-state index in [1.165, 1.54) is 6.07 Å². The SMILES string of the molecule is CCOC(=O)c1cc2ccc(OCc3ccccc3F)cc2nc1C. The Kier molecular flexibility index (Phi) is 4.93. The number of fused-ring (bicyclic) bond motifs is 1.